The molecule has 0 spiro atoms. The van der Waals surface area contributed by atoms with Crippen LogP contribution in [-0.4, -0.2) is 55.4 Å². The second-order valence-electron chi connectivity index (χ2n) is 17.7. The van der Waals surface area contributed by atoms with Crippen molar-refractivity contribution in [2.75, 3.05) is 0 Å². The van der Waals surface area contributed by atoms with Gasteiger partial charge in [0.2, 0.25) is 0 Å². The van der Waals surface area contributed by atoms with Gasteiger partial charge in [0.25, 0.3) is 0 Å². The van der Waals surface area contributed by atoms with E-state index >= 15 is 0 Å². The first-order valence-electron chi connectivity index (χ1n) is 21.2. The van der Waals surface area contributed by atoms with Crippen LogP contribution in [0.5, 0.6) is 0 Å². The van der Waals surface area contributed by atoms with E-state index in [1.165, 1.54) is 64.2 Å². The third-order valence-corrected chi connectivity index (χ3v) is 12.0. The Balaban J connectivity index is 3.42. The maximum absolute atomic E-state index is 13.9. The fourth-order valence-corrected chi connectivity index (χ4v) is 9.85. The molecule has 3 unspecified atom stereocenters. The van der Waals surface area contributed by atoms with Crippen molar-refractivity contribution in [3.63, 3.8) is 0 Å². The molecule has 1 fully saturated rings. The van der Waals surface area contributed by atoms with E-state index in [0.29, 0.717) is 38.5 Å². The van der Waals surface area contributed by atoms with Crippen LogP contribution < -0.4 is 5.32 Å². The molecular formula is C43H79NO8. The van der Waals surface area contributed by atoms with Gasteiger partial charge in [0.15, 0.2) is 0 Å². The summed E-state index contributed by atoms with van der Waals surface area (Å²) < 4.78 is 0. The maximum Gasteiger partial charge on any atom is 0.311 e. The minimum Gasteiger partial charge on any atom is -0.481 e. The van der Waals surface area contributed by atoms with Gasteiger partial charge in [-0.05, 0) is 59.3 Å². The molecule has 0 amide bonds. The Morgan fingerprint density at radius 2 is 0.904 bits per heavy atom. The van der Waals surface area contributed by atoms with Crippen LogP contribution in [0.4, 0.5) is 0 Å². The summed E-state index contributed by atoms with van der Waals surface area (Å²) in [6, 6.07) is 0. The van der Waals surface area contributed by atoms with Gasteiger partial charge in [0.05, 0.1) is 23.2 Å². The van der Waals surface area contributed by atoms with E-state index in [1.54, 1.807) is 0 Å². The van der Waals surface area contributed by atoms with Crippen LogP contribution in [0.25, 0.3) is 0 Å². The molecule has 0 aromatic carbocycles. The average Bonchev–Trinajstić information content (AvgIpc) is 3.02. The second kappa shape index (κ2) is 24.3. The number of aliphatic carboxylic acids is 4. The molecule has 0 saturated carbocycles. The van der Waals surface area contributed by atoms with Gasteiger partial charge in [-0.25, -0.2) is 0 Å². The van der Waals surface area contributed by atoms with E-state index < -0.39 is 64.0 Å². The monoisotopic (exact) mass is 738 g/mol. The van der Waals surface area contributed by atoms with Crippen molar-refractivity contribution in [1.29, 1.82) is 0 Å². The van der Waals surface area contributed by atoms with E-state index in [9.17, 15) is 39.6 Å². The lowest BCUT2D eigenvalue weighted by molar-refractivity contribution is -0.197. The highest BCUT2D eigenvalue weighted by Gasteiger charge is 2.68. The molecule has 5 N–H and O–H groups in total. The molecule has 1 rings (SSSR count). The third kappa shape index (κ3) is 15.7. The van der Waals surface area contributed by atoms with Crippen molar-refractivity contribution in [3.8, 4) is 0 Å². The summed E-state index contributed by atoms with van der Waals surface area (Å²) in [4.78, 5) is 53.8. The van der Waals surface area contributed by atoms with E-state index in [2.05, 4.69) is 19.2 Å². The summed E-state index contributed by atoms with van der Waals surface area (Å²) in [5.41, 5.74) is -5.66. The van der Waals surface area contributed by atoms with Crippen LogP contribution in [0.15, 0.2) is 0 Å². The molecule has 52 heavy (non-hydrogen) atoms. The molecule has 0 radical (unpaired) electrons. The number of unbranched alkanes of at least 4 members (excludes halogenated alkanes) is 20. The highest BCUT2D eigenvalue weighted by atomic mass is 16.4. The van der Waals surface area contributed by atoms with Crippen molar-refractivity contribution in [1.82, 2.24) is 5.32 Å². The molecular weight excluding hydrogens is 658 g/mol. The number of hydrogen-bond donors (Lipinski definition) is 5. The summed E-state index contributed by atoms with van der Waals surface area (Å²) >= 11 is 0. The molecule has 0 aromatic rings. The third-order valence-electron chi connectivity index (χ3n) is 12.0. The zero-order chi connectivity index (χ0) is 39.3. The quantitative estimate of drug-likeness (QED) is 0.0423. The first-order valence-corrected chi connectivity index (χ1v) is 21.2. The first-order chi connectivity index (χ1) is 24.5. The van der Waals surface area contributed by atoms with Crippen LogP contribution in [0.2, 0.25) is 0 Å². The Kier molecular flexibility index (Phi) is 22.4. The van der Waals surface area contributed by atoms with E-state index in [0.717, 1.165) is 51.4 Å². The van der Waals surface area contributed by atoms with Crippen LogP contribution in [0, 0.1) is 22.7 Å². The number of hydrogen-bond acceptors (Lipinski definition) is 5. The zero-order valence-corrected chi connectivity index (χ0v) is 34.2. The topological polar surface area (TPSA) is 161 Å². The largest absolute Gasteiger partial charge is 0.481 e. The van der Waals surface area contributed by atoms with Crippen LogP contribution in [0.1, 0.15) is 215 Å². The minimum absolute atomic E-state index is 0.182. The molecule has 1 saturated heterocycles. The van der Waals surface area contributed by atoms with Gasteiger partial charge >= 0.3 is 23.9 Å². The summed E-state index contributed by atoms with van der Waals surface area (Å²) in [6.45, 7) is 12.2. The number of rotatable bonds is 32. The molecule has 0 bridgehead atoms. The Labute approximate surface area is 316 Å². The number of carboxylic acids is 4. The van der Waals surface area contributed by atoms with Crippen LogP contribution in [-0.2, 0) is 19.2 Å². The lowest BCUT2D eigenvalue weighted by atomic mass is 9.48. The van der Waals surface area contributed by atoms with Gasteiger partial charge in [0.1, 0.15) is 0 Å². The second-order valence-corrected chi connectivity index (χ2v) is 17.7. The van der Waals surface area contributed by atoms with Crippen molar-refractivity contribution >= 4 is 23.9 Å². The molecule has 9 nitrogen and oxygen atoms in total. The van der Waals surface area contributed by atoms with Crippen molar-refractivity contribution < 1.29 is 39.6 Å². The highest BCUT2D eigenvalue weighted by Crippen LogP contribution is 2.59. The molecule has 9 heteroatoms. The van der Waals surface area contributed by atoms with E-state index in [4.69, 9.17) is 0 Å². The molecule has 3 atom stereocenters. The van der Waals surface area contributed by atoms with Crippen molar-refractivity contribution in [3.05, 3.63) is 0 Å². The number of nitrogens with one attached hydrogen (secondary N) is 1. The van der Waals surface area contributed by atoms with Gasteiger partial charge in [-0.1, -0.05) is 155 Å². The highest BCUT2D eigenvalue weighted by molar-refractivity contribution is 5.93. The summed E-state index contributed by atoms with van der Waals surface area (Å²) in [6.07, 6.45) is 21.7. The molecule has 0 aliphatic carbocycles. The normalized spacial score (nSPS) is 18.7. The van der Waals surface area contributed by atoms with E-state index in [1.807, 2.05) is 27.7 Å². The van der Waals surface area contributed by atoms with Crippen molar-refractivity contribution in [2.45, 2.75) is 226 Å². The zero-order valence-electron chi connectivity index (χ0n) is 34.2. The Bertz CT molecular complexity index is 1040. The number of piperidine rings is 1. The van der Waals surface area contributed by atoms with Gasteiger partial charge in [-0.15, -0.1) is 0 Å². The maximum atomic E-state index is 13.9. The summed E-state index contributed by atoms with van der Waals surface area (Å²) in [5.74, 6) is -8.00. The molecule has 1 aliphatic heterocycles. The lowest BCUT2D eigenvalue weighted by Gasteiger charge is -2.54. The fourth-order valence-electron chi connectivity index (χ4n) is 9.85. The Hall–Kier alpha value is -2.16. The Morgan fingerprint density at radius 1 is 0.558 bits per heavy atom. The standard InChI is InChI=1S/C43H79NO8/c1-7-9-11-13-15-17-19-21-23-25-27-29-42(38(49)50,33-35(45)46)43(39(51)52,30-28-26-24-22-20-18-16-14-12-10-8-2)36(37(47)48)34-31-40(3,4)44-41(5,6)32-34/h34,36,44H,7-33H2,1-6H3,(H,45,46)(H,47,48)(H,49,50)(H,51,52). The van der Waals surface area contributed by atoms with E-state index in [-0.39, 0.29) is 12.8 Å². The average molecular weight is 738 g/mol. The van der Waals surface area contributed by atoms with Crippen LogP contribution >= 0.6 is 0 Å². The first kappa shape index (κ1) is 47.9. The van der Waals surface area contributed by atoms with Gasteiger partial charge < -0.3 is 25.7 Å². The molecule has 304 valence electrons. The van der Waals surface area contributed by atoms with Gasteiger partial charge in [0, 0.05) is 11.1 Å². The number of carboxylic acid groups (broad SMARTS) is 4. The SMILES string of the molecule is CCCCCCCCCCCCCC(CC(=O)O)(C(=O)O)C(CCCCCCCCCCCCC)(C(=O)O)C(C(=O)O)C1CC(C)(C)NC(C)(C)C1. The summed E-state index contributed by atoms with van der Waals surface area (Å²) in [7, 11) is 0. The molecule has 1 aliphatic rings. The minimum atomic E-state index is -2.31. The van der Waals surface area contributed by atoms with Crippen LogP contribution in [0.3, 0.4) is 0 Å². The molecule has 1 heterocycles. The number of carbonyl (C=O) groups is 4. The Morgan fingerprint density at radius 3 is 1.21 bits per heavy atom. The van der Waals surface area contributed by atoms with Crippen molar-refractivity contribution in [2.24, 2.45) is 22.7 Å². The lowest BCUT2D eigenvalue weighted by Crippen LogP contribution is -2.65. The summed E-state index contributed by atoms with van der Waals surface area (Å²) in [5, 5.41) is 47.3. The predicted octanol–water partition coefficient (Wildman–Crippen LogP) is 11.3. The van der Waals surface area contributed by atoms with Gasteiger partial charge in [-0.2, -0.15) is 0 Å². The predicted molar refractivity (Wildman–Crippen MR) is 210 cm³/mol. The van der Waals surface area contributed by atoms with Gasteiger partial charge in [-0.3, -0.25) is 19.2 Å². The smallest absolute Gasteiger partial charge is 0.311 e. The molecule has 0 aromatic heterocycles. The fraction of sp³-hybridized carbons (Fsp3) is 0.907.